The molecule has 1 aromatic carbocycles. The van der Waals surface area contributed by atoms with Gasteiger partial charge in [0.2, 0.25) is 0 Å². The van der Waals surface area contributed by atoms with Crippen LogP contribution in [0.3, 0.4) is 0 Å². The van der Waals surface area contributed by atoms with Crippen LogP contribution in [0.4, 0.5) is 0 Å². The maximum absolute atomic E-state index is 5.40. The second kappa shape index (κ2) is 11.1. The second-order valence-electron chi connectivity index (χ2n) is 6.80. The van der Waals surface area contributed by atoms with Crippen molar-refractivity contribution >= 4 is 5.96 Å². The standard InChI is InChI=1S/C21H35N3O/c1-4-18-17-24(15-13-20(18)19-11-7-6-8-12-19)21(22-3)23-14-9-10-16-25-5-2/h6-8,11-12,18,20H,4-5,9-10,13-17H2,1-3H3,(H,22,23). The Hall–Kier alpha value is -1.55. The molecule has 0 saturated carbocycles. The second-order valence-corrected chi connectivity index (χ2v) is 6.80. The van der Waals surface area contributed by atoms with Crippen molar-refractivity contribution in [1.82, 2.24) is 10.2 Å². The molecule has 1 fully saturated rings. The van der Waals surface area contributed by atoms with Gasteiger partial charge in [-0.3, -0.25) is 4.99 Å². The summed E-state index contributed by atoms with van der Waals surface area (Å²) in [5, 5.41) is 3.54. The highest BCUT2D eigenvalue weighted by molar-refractivity contribution is 5.80. The number of nitrogens with zero attached hydrogens (tertiary/aromatic N) is 2. The van der Waals surface area contributed by atoms with Crippen LogP contribution in [0.5, 0.6) is 0 Å². The Balaban J connectivity index is 1.84. The molecule has 0 aliphatic carbocycles. The number of likely N-dealkylation sites (tertiary alicyclic amines) is 1. The Morgan fingerprint density at radius 1 is 1.24 bits per heavy atom. The Labute approximate surface area is 153 Å². The third-order valence-electron chi connectivity index (χ3n) is 5.20. The van der Waals surface area contributed by atoms with Gasteiger partial charge in [0.05, 0.1) is 0 Å². The van der Waals surface area contributed by atoms with Gasteiger partial charge in [0.1, 0.15) is 0 Å². The van der Waals surface area contributed by atoms with Gasteiger partial charge in [-0.25, -0.2) is 0 Å². The van der Waals surface area contributed by atoms with E-state index in [0.717, 1.165) is 51.6 Å². The summed E-state index contributed by atoms with van der Waals surface area (Å²) < 4.78 is 5.40. The summed E-state index contributed by atoms with van der Waals surface area (Å²) >= 11 is 0. The van der Waals surface area contributed by atoms with Crippen LogP contribution in [0.2, 0.25) is 0 Å². The van der Waals surface area contributed by atoms with Crippen LogP contribution in [-0.2, 0) is 4.74 Å². The maximum Gasteiger partial charge on any atom is 0.193 e. The number of rotatable bonds is 8. The summed E-state index contributed by atoms with van der Waals surface area (Å²) in [5.74, 6) is 2.42. The SMILES string of the molecule is CCOCCCCNC(=NC)N1CCC(c2ccccc2)C(CC)C1. The molecule has 2 unspecified atom stereocenters. The van der Waals surface area contributed by atoms with Crippen LogP contribution in [0.25, 0.3) is 0 Å². The molecule has 1 saturated heterocycles. The Bertz CT molecular complexity index is 503. The van der Waals surface area contributed by atoms with E-state index in [4.69, 9.17) is 4.74 Å². The largest absolute Gasteiger partial charge is 0.382 e. The Morgan fingerprint density at radius 3 is 2.72 bits per heavy atom. The van der Waals surface area contributed by atoms with Gasteiger partial charge in [-0.05, 0) is 43.6 Å². The molecule has 25 heavy (non-hydrogen) atoms. The predicted octanol–water partition coefficient (Wildman–Crippen LogP) is 3.89. The van der Waals surface area contributed by atoms with E-state index >= 15 is 0 Å². The molecular weight excluding hydrogens is 310 g/mol. The van der Waals surface area contributed by atoms with Crippen LogP contribution in [0.15, 0.2) is 35.3 Å². The summed E-state index contributed by atoms with van der Waals surface area (Å²) in [6.07, 6.45) is 4.64. The normalized spacial score (nSPS) is 21.4. The molecule has 1 heterocycles. The Kier molecular flexibility index (Phi) is 8.81. The quantitative estimate of drug-likeness (QED) is 0.441. The van der Waals surface area contributed by atoms with Crippen LogP contribution in [0, 0.1) is 5.92 Å². The average Bonchev–Trinajstić information content (AvgIpc) is 2.67. The first-order chi connectivity index (χ1) is 12.3. The first-order valence-electron chi connectivity index (χ1n) is 9.88. The number of hydrogen-bond acceptors (Lipinski definition) is 2. The van der Waals surface area contributed by atoms with Crippen molar-refractivity contribution in [1.29, 1.82) is 0 Å². The zero-order valence-electron chi connectivity index (χ0n) is 16.2. The van der Waals surface area contributed by atoms with Crippen molar-refractivity contribution in [3.63, 3.8) is 0 Å². The van der Waals surface area contributed by atoms with Crippen molar-refractivity contribution < 1.29 is 4.74 Å². The molecule has 140 valence electrons. The van der Waals surface area contributed by atoms with E-state index < -0.39 is 0 Å². The van der Waals surface area contributed by atoms with E-state index in [-0.39, 0.29) is 0 Å². The number of hydrogen-bond donors (Lipinski definition) is 1. The van der Waals surface area contributed by atoms with E-state index in [2.05, 4.69) is 52.5 Å². The highest BCUT2D eigenvalue weighted by atomic mass is 16.5. The molecule has 1 aliphatic heterocycles. The fourth-order valence-corrected chi connectivity index (χ4v) is 3.78. The smallest absolute Gasteiger partial charge is 0.193 e. The van der Waals surface area contributed by atoms with Crippen molar-refractivity contribution in [2.75, 3.05) is 39.9 Å². The summed E-state index contributed by atoms with van der Waals surface area (Å²) in [5.41, 5.74) is 1.49. The van der Waals surface area contributed by atoms with Crippen LogP contribution in [-0.4, -0.2) is 50.8 Å². The maximum atomic E-state index is 5.40. The first kappa shape index (κ1) is 19.8. The summed E-state index contributed by atoms with van der Waals surface area (Å²) in [6.45, 7) is 9.16. The number of unbranched alkanes of at least 4 members (excludes halogenated alkanes) is 1. The molecule has 1 N–H and O–H groups in total. The van der Waals surface area contributed by atoms with Crippen molar-refractivity contribution in [3.05, 3.63) is 35.9 Å². The van der Waals surface area contributed by atoms with Crippen molar-refractivity contribution in [2.45, 2.75) is 45.4 Å². The van der Waals surface area contributed by atoms with Crippen LogP contribution < -0.4 is 5.32 Å². The lowest BCUT2D eigenvalue weighted by molar-refractivity contribution is 0.143. The van der Waals surface area contributed by atoms with E-state index in [0.29, 0.717) is 11.8 Å². The van der Waals surface area contributed by atoms with Crippen LogP contribution in [0.1, 0.15) is 51.0 Å². The van der Waals surface area contributed by atoms with E-state index in [1.54, 1.807) is 0 Å². The van der Waals surface area contributed by atoms with Gasteiger partial charge in [-0.2, -0.15) is 0 Å². The summed E-state index contributed by atoms with van der Waals surface area (Å²) in [7, 11) is 1.90. The lowest BCUT2D eigenvalue weighted by Crippen LogP contribution is -2.48. The molecule has 0 amide bonds. The van der Waals surface area contributed by atoms with Crippen LogP contribution >= 0.6 is 0 Å². The van der Waals surface area contributed by atoms with Gasteiger partial charge in [0.25, 0.3) is 0 Å². The van der Waals surface area contributed by atoms with Crippen molar-refractivity contribution in [3.8, 4) is 0 Å². The number of nitrogens with one attached hydrogen (secondary N) is 1. The molecular formula is C21H35N3O. The molecule has 2 atom stereocenters. The molecule has 0 aromatic heterocycles. The Morgan fingerprint density at radius 2 is 2.04 bits per heavy atom. The minimum Gasteiger partial charge on any atom is -0.382 e. The highest BCUT2D eigenvalue weighted by Crippen LogP contribution is 2.34. The molecule has 0 radical (unpaired) electrons. The number of piperidine rings is 1. The molecule has 0 bridgehead atoms. The molecule has 1 aromatic rings. The number of ether oxygens (including phenoxy) is 1. The van der Waals surface area contributed by atoms with Gasteiger partial charge in [-0.1, -0.05) is 43.7 Å². The van der Waals surface area contributed by atoms with E-state index in [1.807, 2.05) is 14.0 Å². The third kappa shape index (κ3) is 6.03. The molecule has 0 spiro atoms. The fraction of sp³-hybridized carbons (Fsp3) is 0.667. The van der Waals surface area contributed by atoms with Gasteiger partial charge in [0, 0.05) is 39.9 Å². The number of benzene rings is 1. The highest BCUT2D eigenvalue weighted by Gasteiger charge is 2.30. The monoisotopic (exact) mass is 345 g/mol. The fourth-order valence-electron chi connectivity index (χ4n) is 3.78. The summed E-state index contributed by atoms with van der Waals surface area (Å²) in [4.78, 5) is 6.95. The third-order valence-corrected chi connectivity index (χ3v) is 5.20. The average molecular weight is 346 g/mol. The zero-order valence-corrected chi connectivity index (χ0v) is 16.2. The number of aliphatic imine (C=N–C) groups is 1. The molecule has 1 aliphatic rings. The first-order valence-corrected chi connectivity index (χ1v) is 9.88. The zero-order chi connectivity index (χ0) is 17.9. The van der Waals surface area contributed by atoms with Gasteiger partial charge >= 0.3 is 0 Å². The lowest BCUT2D eigenvalue weighted by atomic mass is 9.79. The molecule has 4 heteroatoms. The predicted molar refractivity (Wildman–Crippen MR) is 106 cm³/mol. The van der Waals surface area contributed by atoms with Gasteiger partial charge in [-0.15, -0.1) is 0 Å². The van der Waals surface area contributed by atoms with Gasteiger partial charge < -0.3 is 15.0 Å². The van der Waals surface area contributed by atoms with Crippen molar-refractivity contribution in [2.24, 2.45) is 10.9 Å². The number of guanidine groups is 1. The van der Waals surface area contributed by atoms with E-state index in [1.165, 1.54) is 18.4 Å². The summed E-state index contributed by atoms with van der Waals surface area (Å²) in [6, 6.07) is 11.0. The lowest BCUT2D eigenvalue weighted by Gasteiger charge is -2.40. The molecule has 2 rings (SSSR count). The van der Waals surface area contributed by atoms with E-state index in [9.17, 15) is 0 Å². The minimum absolute atomic E-state index is 0.673. The topological polar surface area (TPSA) is 36.9 Å². The molecule has 4 nitrogen and oxygen atoms in total. The minimum atomic E-state index is 0.673. The van der Waals surface area contributed by atoms with Gasteiger partial charge in [0.15, 0.2) is 5.96 Å².